The third kappa shape index (κ3) is 3.52. The number of terminal acetylenes is 1. The van der Waals surface area contributed by atoms with Crippen LogP contribution >= 0.6 is 0 Å². The maximum Gasteiger partial charge on any atom is 0.330 e. The van der Waals surface area contributed by atoms with Crippen LogP contribution in [-0.2, 0) is 4.79 Å². The van der Waals surface area contributed by atoms with Gasteiger partial charge < -0.3 is 15.3 Å². The van der Waals surface area contributed by atoms with E-state index in [1.54, 1.807) is 30.3 Å². The van der Waals surface area contributed by atoms with E-state index in [0.29, 0.717) is 5.56 Å². The molecule has 1 aromatic rings. The standard InChI is InChI=1S/C13H14N2O3/c1-3-9-15(2)13(18)14-11(12(16)17)10-7-5-4-6-8-10/h1,4-8,11H,9H2,2H3,(H,14,18)(H,16,17). The van der Waals surface area contributed by atoms with Gasteiger partial charge in [-0.05, 0) is 5.56 Å². The molecule has 1 unspecified atom stereocenters. The van der Waals surface area contributed by atoms with Crippen molar-refractivity contribution in [3.8, 4) is 12.3 Å². The fraction of sp³-hybridized carbons (Fsp3) is 0.231. The molecule has 0 aliphatic rings. The lowest BCUT2D eigenvalue weighted by atomic mass is 10.1. The summed E-state index contributed by atoms with van der Waals surface area (Å²) in [5.74, 6) is 1.19. The van der Waals surface area contributed by atoms with E-state index in [9.17, 15) is 9.59 Å². The second-order valence-corrected chi connectivity index (χ2v) is 3.69. The van der Waals surface area contributed by atoms with E-state index in [0.717, 1.165) is 0 Å². The Kier molecular flexibility index (Phi) is 4.76. The van der Waals surface area contributed by atoms with Crippen LogP contribution in [0.5, 0.6) is 0 Å². The monoisotopic (exact) mass is 246 g/mol. The molecule has 1 aromatic carbocycles. The van der Waals surface area contributed by atoms with Gasteiger partial charge in [-0.2, -0.15) is 0 Å². The van der Waals surface area contributed by atoms with E-state index in [1.807, 2.05) is 0 Å². The summed E-state index contributed by atoms with van der Waals surface area (Å²) in [6, 6.07) is 6.86. The number of hydrogen-bond donors (Lipinski definition) is 2. The highest BCUT2D eigenvalue weighted by Gasteiger charge is 2.22. The fourth-order valence-corrected chi connectivity index (χ4v) is 1.38. The summed E-state index contributed by atoms with van der Waals surface area (Å²) in [4.78, 5) is 24.1. The molecular formula is C13H14N2O3. The molecule has 5 heteroatoms. The summed E-state index contributed by atoms with van der Waals surface area (Å²) in [5, 5.41) is 11.5. The van der Waals surface area contributed by atoms with Crippen LogP contribution in [0.25, 0.3) is 0 Å². The molecule has 1 atom stereocenters. The number of rotatable bonds is 4. The normalized spacial score (nSPS) is 11.1. The van der Waals surface area contributed by atoms with Gasteiger partial charge in [0.25, 0.3) is 0 Å². The Bertz CT molecular complexity index is 465. The van der Waals surface area contributed by atoms with Crippen LogP contribution in [0.4, 0.5) is 4.79 Å². The molecule has 0 aromatic heterocycles. The van der Waals surface area contributed by atoms with Crippen molar-refractivity contribution in [2.24, 2.45) is 0 Å². The van der Waals surface area contributed by atoms with E-state index < -0.39 is 18.0 Å². The Morgan fingerprint density at radius 2 is 2.06 bits per heavy atom. The number of carbonyl (C=O) groups is 2. The number of nitrogens with zero attached hydrogens (tertiary/aromatic N) is 1. The first kappa shape index (κ1) is 13.6. The van der Waals surface area contributed by atoms with Crippen LogP contribution in [-0.4, -0.2) is 35.6 Å². The minimum absolute atomic E-state index is 0.118. The van der Waals surface area contributed by atoms with Gasteiger partial charge in [0, 0.05) is 7.05 Å². The lowest BCUT2D eigenvalue weighted by Crippen LogP contribution is -2.42. The summed E-state index contributed by atoms with van der Waals surface area (Å²) in [6.07, 6.45) is 5.08. The third-order valence-electron chi connectivity index (χ3n) is 2.32. The second-order valence-electron chi connectivity index (χ2n) is 3.69. The van der Waals surface area contributed by atoms with Crippen LogP contribution in [0.15, 0.2) is 30.3 Å². The van der Waals surface area contributed by atoms with Crippen LogP contribution in [0, 0.1) is 12.3 Å². The number of hydrogen-bond acceptors (Lipinski definition) is 2. The predicted molar refractivity (Wildman–Crippen MR) is 66.8 cm³/mol. The van der Waals surface area contributed by atoms with Gasteiger partial charge in [0.15, 0.2) is 6.04 Å². The Balaban J connectivity index is 2.80. The average Bonchev–Trinajstić information content (AvgIpc) is 2.36. The molecule has 0 saturated heterocycles. The van der Waals surface area contributed by atoms with Gasteiger partial charge in [-0.3, -0.25) is 0 Å². The van der Waals surface area contributed by atoms with Crippen LogP contribution in [0.3, 0.4) is 0 Å². The van der Waals surface area contributed by atoms with Crippen LogP contribution in [0.1, 0.15) is 11.6 Å². The first-order chi connectivity index (χ1) is 8.56. The second kappa shape index (κ2) is 6.30. The highest BCUT2D eigenvalue weighted by Crippen LogP contribution is 2.12. The number of carboxylic acids is 1. The number of nitrogens with one attached hydrogen (secondary N) is 1. The topological polar surface area (TPSA) is 69.6 Å². The van der Waals surface area contributed by atoms with E-state index in [2.05, 4.69) is 11.2 Å². The minimum atomic E-state index is -1.12. The van der Waals surface area contributed by atoms with Gasteiger partial charge in [-0.1, -0.05) is 36.3 Å². The van der Waals surface area contributed by atoms with Crippen molar-refractivity contribution in [1.29, 1.82) is 0 Å². The van der Waals surface area contributed by atoms with E-state index in [4.69, 9.17) is 11.5 Å². The van der Waals surface area contributed by atoms with Crippen molar-refractivity contribution < 1.29 is 14.7 Å². The maximum absolute atomic E-state index is 11.7. The van der Waals surface area contributed by atoms with E-state index >= 15 is 0 Å². The van der Waals surface area contributed by atoms with Gasteiger partial charge in [-0.25, -0.2) is 9.59 Å². The minimum Gasteiger partial charge on any atom is -0.479 e. The maximum atomic E-state index is 11.7. The zero-order valence-electron chi connectivity index (χ0n) is 9.96. The molecular weight excluding hydrogens is 232 g/mol. The summed E-state index contributed by atoms with van der Waals surface area (Å²) in [5.41, 5.74) is 0.507. The van der Waals surface area contributed by atoms with Gasteiger partial charge in [0.05, 0.1) is 6.54 Å². The van der Waals surface area contributed by atoms with Gasteiger partial charge >= 0.3 is 12.0 Å². The van der Waals surface area contributed by atoms with E-state index in [-0.39, 0.29) is 6.54 Å². The zero-order chi connectivity index (χ0) is 13.5. The lowest BCUT2D eigenvalue weighted by molar-refractivity contribution is -0.139. The molecule has 1 rings (SSSR count). The van der Waals surface area contributed by atoms with E-state index in [1.165, 1.54) is 11.9 Å². The zero-order valence-corrected chi connectivity index (χ0v) is 9.96. The molecule has 94 valence electrons. The van der Waals surface area contributed by atoms with Crippen molar-refractivity contribution in [3.05, 3.63) is 35.9 Å². The molecule has 2 N–H and O–H groups in total. The number of carboxylic acid groups (broad SMARTS) is 1. The number of amides is 2. The predicted octanol–water partition coefficient (Wildman–Crippen LogP) is 1.09. The number of aliphatic carboxylic acids is 1. The van der Waals surface area contributed by atoms with Crippen LogP contribution in [0.2, 0.25) is 0 Å². The Labute approximate surface area is 105 Å². The van der Waals surface area contributed by atoms with Crippen molar-refractivity contribution in [2.45, 2.75) is 6.04 Å². The molecule has 0 aliphatic carbocycles. The lowest BCUT2D eigenvalue weighted by Gasteiger charge is -2.19. The number of urea groups is 1. The Hall–Kier alpha value is -2.48. The summed E-state index contributed by atoms with van der Waals surface area (Å²) in [6.45, 7) is 0.118. The van der Waals surface area contributed by atoms with Crippen molar-refractivity contribution >= 4 is 12.0 Å². The van der Waals surface area contributed by atoms with Gasteiger partial charge in [-0.15, -0.1) is 6.42 Å². The molecule has 0 heterocycles. The largest absolute Gasteiger partial charge is 0.479 e. The number of benzene rings is 1. The smallest absolute Gasteiger partial charge is 0.330 e. The van der Waals surface area contributed by atoms with Crippen molar-refractivity contribution in [1.82, 2.24) is 10.2 Å². The fourth-order valence-electron chi connectivity index (χ4n) is 1.38. The number of carbonyl (C=O) groups excluding carboxylic acids is 1. The summed E-state index contributed by atoms with van der Waals surface area (Å²) in [7, 11) is 1.50. The van der Waals surface area contributed by atoms with Crippen molar-refractivity contribution in [3.63, 3.8) is 0 Å². The molecule has 0 radical (unpaired) electrons. The highest BCUT2D eigenvalue weighted by atomic mass is 16.4. The van der Waals surface area contributed by atoms with Gasteiger partial charge in [0.2, 0.25) is 0 Å². The Morgan fingerprint density at radius 3 is 2.56 bits per heavy atom. The van der Waals surface area contributed by atoms with Gasteiger partial charge in [0.1, 0.15) is 0 Å². The highest BCUT2D eigenvalue weighted by molar-refractivity contribution is 5.83. The first-order valence-electron chi connectivity index (χ1n) is 5.29. The SMILES string of the molecule is C#CCN(C)C(=O)NC(C(=O)O)c1ccccc1. The molecule has 0 spiro atoms. The molecule has 18 heavy (non-hydrogen) atoms. The van der Waals surface area contributed by atoms with Crippen molar-refractivity contribution in [2.75, 3.05) is 13.6 Å². The Morgan fingerprint density at radius 1 is 1.44 bits per heavy atom. The molecule has 5 nitrogen and oxygen atoms in total. The van der Waals surface area contributed by atoms with Crippen LogP contribution < -0.4 is 5.32 Å². The molecule has 0 fully saturated rings. The molecule has 2 amide bonds. The average molecular weight is 246 g/mol. The first-order valence-corrected chi connectivity index (χ1v) is 5.29. The summed E-state index contributed by atoms with van der Waals surface area (Å²) >= 11 is 0. The molecule has 0 aliphatic heterocycles. The quantitative estimate of drug-likeness (QED) is 0.781. The molecule has 0 saturated carbocycles. The molecule has 0 bridgehead atoms. The summed E-state index contributed by atoms with van der Waals surface area (Å²) < 4.78 is 0. The third-order valence-corrected chi connectivity index (χ3v) is 2.32.